The molecule has 0 spiro atoms. The topological polar surface area (TPSA) is 65.1 Å². The van der Waals surface area contributed by atoms with Crippen molar-refractivity contribution in [2.24, 2.45) is 0 Å². The van der Waals surface area contributed by atoms with E-state index in [0.717, 1.165) is 23.1 Å². The van der Waals surface area contributed by atoms with Gasteiger partial charge in [0.15, 0.2) is 0 Å². The molecule has 0 saturated carbocycles. The van der Waals surface area contributed by atoms with E-state index in [4.69, 9.17) is 14.2 Å². The van der Waals surface area contributed by atoms with Gasteiger partial charge < -0.3 is 14.2 Å². The van der Waals surface area contributed by atoms with Gasteiger partial charge in [0, 0.05) is 0 Å². The Hall–Kier alpha value is -3.71. The van der Waals surface area contributed by atoms with E-state index in [1.54, 1.807) is 6.08 Å². The number of aryl methyl sites for hydroxylation is 1. The fraction of sp³-hybridized carbons (Fsp3) is 0.185. The molecule has 1 fully saturated rings. The van der Waals surface area contributed by atoms with Gasteiger partial charge in [0.1, 0.15) is 37.1 Å². The molecule has 3 aromatic rings. The number of ether oxygens (including phenoxy) is 3. The second-order valence-electron chi connectivity index (χ2n) is 7.57. The van der Waals surface area contributed by atoms with E-state index in [1.807, 2.05) is 85.8 Å². The van der Waals surface area contributed by atoms with E-state index in [2.05, 4.69) is 0 Å². The van der Waals surface area contributed by atoms with Gasteiger partial charge in [-0.05, 0) is 66.7 Å². The highest BCUT2D eigenvalue weighted by Crippen LogP contribution is 2.32. The van der Waals surface area contributed by atoms with Crippen LogP contribution < -0.4 is 14.2 Å². The number of para-hydroxylation sites is 1. The maximum absolute atomic E-state index is 12.7. The maximum atomic E-state index is 12.7. The van der Waals surface area contributed by atoms with Crippen LogP contribution >= 0.6 is 11.8 Å². The van der Waals surface area contributed by atoms with Crippen molar-refractivity contribution in [1.82, 2.24) is 4.90 Å². The molecule has 1 heterocycles. The third kappa shape index (κ3) is 6.42. The predicted octanol–water partition coefficient (Wildman–Crippen LogP) is 5.57. The Bertz CT molecular complexity index is 1140. The molecule has 6 nitrogen and oxygen atoms in total. The van der Waals surface area contributed by atoms with Crippen molar-refractivity contribution in [1.29, 1.82) is 0 Å². The summed E-state index contributed by atoms with van der Waals surface area (Å²) in [6.45, 7) is 3.33. The number of hydrogen-bond acceptors (Lipinski definition) is 6. The lowest BCUT2D eigenvalue weighted by Gasteiger charge is -2.13. The Balaban J connectivity index is 1.24. The van der Waals surface area contributed by atoms with Crippen LogP contribution in [0, 0.1) is 6.92 Å². The van der Waals surface area contributed by atoms with E-state index in [9.17, 15) is 9.59 Å². The molecule has 1 aliphatic rings. The first kappa shape index (κ1) is 23.4. The highest BCUT2D eigenvalue weighted by molar-refractivity contribution is 8.18. The van der Waals surface area contributed by atoms with E-state index < -0.39 is 0 Å². The molecule has 0 unspecified atom stereocenters. The molecule has 1 saturated heterocycles. The van der Waals surface area contributed by atoms with Gasteiger partial charge in [-0.2, -0.15) is 0 Å². The molecule has 0 atom stereocenters. The highest BCUT2D eigenvalue weighted by atomic mass is 32.2. The molecule has 0 aromatic heterocycles. The number of carbonyl (C=O) groups is 2. The zero-order valence-electron chi connectivity index (χ0n) is 18.8. The van der Waals surface area contributed by atoms with Crippen molar-refractivity contribution in [2.75, 3.05) is 26.4 Å². The third-order valence-electron chi connectivity index (χ3n) is 5.02. The van der Waals surface area contributed by atoms with Gasteiger partial charge in [0.05, 0.1) is 11.4 Å². The Morgan fingerprint density at radius 2 is 1.29 bits per heavy atom. The number of benzene rings is 3. The van der Waals surface area contributed by atoms with Crippen molar-refractivity contribution in [3.05, 3.63) is 94.9 Å². The molecule has 3 aromatic carbocycles. The predicted molar refractivity (Wildman–Crippen MR) is 133 cm³/mol. The Morgan fingerprint density at radius 1 is 0.735 bits per heavy atom. The summed E-state index contributed by atoms with van der Waals surface area (Å²) < 4.78 is 17.0. The summed E-state index contributed by atoms with van der Waals surface area (Å²) in [6, 6.07) is 24.5. The standard InChI is InChI=1S/C27H25NO5S/c1-20-7-11-23(12-8-20)32-17-18-33-24-13-9-21(10-14-24)19-25-26(29)28(27(30)34-25)15-16-31-22-5-3-2-4-6-22/h2-14,19H,15-18H2,1H3/b25-19-. The lowest BCUT2D eigenvalue weighted by atomic mass is 10.2. The minimum atomic E-state index is -0.305. The fourth-order valence-electron chi connectivity index (χ4n) is 3.23. The summed E-state index contributed by atoms with van der Waals surface area (Å²) in [5, 5.41) is -0.290. The van der Waals surface area contributed by atoms with Crippen LogP contribution in [0.2, 0.25) is 0 Å². The zero-order valence-corrected chi connectivity index (χ0v) is 19.6. The molecule has 34 heavy (non-hydrogen) atoms. The first-order valence-corrected chi connectivity index (χ1v) is 11.8. The average Bonchev–Trinajstić information content (AvgIpc) is 3.12. The van der Waals surface area contributed by atoms with E-state index in [0.29, 0.717) is 29.6 Å². The number of hydrogen-bond donors (Lipinski definition) is 0. The minimum Gasteiger partial charge on any atom is -0.492 e. The van der Waals surface area contributed by atoms with Gasteiger partial charge in [-0.15, -0.1) is 0 Å². The summed E-state index contributed by atoms with van der Waals surface area (Å²) >= 11 is 0.938. The van der Waals surface area contributed by atoms with Gasteiger partial charge in [-0.3, -0.25) is 14.5 Å². The molecule has 1 aliphatic heterocycles. The zero-order chi connectivity index (χ0) is 23.8. The smallest absolute Gasteiger partial charge is 0.293 e. The van der Waals surface area contributed by atoms with Gasteiger partial charge >= 0.3 is 0 Å². The first-order valence-electron chi connectivity index (χ1n) is 10.9. The number of thioether (sulfide) groups is 1. The minimum absolute atomic E-state index is 0.203. The highest BCUT2D eigenvalue weighted by Gasteiger charge is 2.34. The maximum Gasteiger partial charge on any atom is 0.293 e. The van der Waals surface area contributed by atoms with Crippen molar-refractivity contribution in [2.45, 2.75) is 6.92 Å². The van der Waals surface area contributed by atoms with E-state index in [1.165, 1.54) is 10.5 Å². The van der Waals surface area contributed by atoms with Crippen molar-refractivity contribution in [3.8, 4) is 17.2 Å². The van der Waals surface area contributed by atoms with E-state index >= 15 is 0 Å². The van der Waals surface area contributed by atoms with Crippen LogP contribution in [0.15, 0.2) is 83.8 Å². The van der Waals surface area contributed by atoms with Gasteiger partial charge in [0.2, 0.25) is 0 Å². The SMILES string of the molecule is Cc1ccc(OCCOc2ccc(/C=C3\SC(=O)N(CCOc4ccccc4)C3=O)cc2)cc1. The van der Waals surface area contributed by atoms with Gasteiger partial charge in [-0.1, -0.05) is 48.0 Å². The first-order chi connectivity index (χ1) is 16.6. The van der Waals surface area contributed by atoms with Crippen LogP contribution in [-0.2, 0) is 4.79 Å². The number of nitrogens with zero attached hydrogens (tertiary/aromatic N) is 1. The van der Waals surface area contributed by atoms with Crippen molar-refractivity contribution in [3.63, 3.8) is 0 Å². The molecule has 0 N–H and O–H groups in total. The van der Waals surface area contributed by atoms with E-state index in [-0.39, 0.29) is 24.3 Å². The molecular weight excluding hydrogens is 450 g/mol. The fourth-order valence-corrected chi connectivity index (χ4v) is 4.09. The number of imide groups is 1. The normalized spacial score (nSPS) is 14.5. The van der Waals surface area contributed by atoms with Crippen LogP contribution in [0.4, 0.5) is 4.79 Å². The molecule has 2 amide bonds. The second kappa shape index (κ2) is 11.4. The van der Waals surface area contributed by atoms with Gasteiger partial charge in [-0.25, -0.2) is 0 Å². The molecule has 0 radical (unpaired) electrons. The average molecular weight is 476 g/mol. The summed E-state index contributed by atoms with van der Waals surface area (Å²) in [5.41, 5.74) is 2.00. The molecule has 0 bridgehead atoms. The number of carbonyl (C=O) groups excluding carboxylic acids is 2. The Morgan fingerprint density at radius 3 is 1.94 bits per heavy atom. The quantitative estimate of drug-likeness (QED) is 0.282. The van der Waals surface area contributed by atoms with Crippen LogP contribution in [0.3, 0.4) is 0 Å². The van der Waals surface area contributed by atoms with Crippen molar-refractivity contribution >= 4 is 29.0 Å². The summed E-state index contributed by atoms with van der Waals surface area (Å²) in [7, 11) is 0. The molecule has 0 aliphatic carbocycles. The Labute approximate surface area is 203 Å². The van der Waals surface area contributed by atoms with Crippen molar-refractivity contribution < 1.29 is 23.8 Å². The lowest BCUT2D eigenvalue weighted by molar-refractivity contribution is -0.123. The Kier molecular flexibility index (Phi) is 7.88. The van der Waals surface area contributed by atoms with Crippen LogP contribution in [0.1, 0.15) is 11.1 Å². The number of rotatable bonds is 10. The number of amides is 2. The molecular formula is C27H25NO5S. The van der Waals surface area contributed by atoms with Crippen LogP contribution in [0.5, 0.6) is 17.2 Å². The second-order valence-corrected chi connectivity index (χ2v) is 8.57. The van der Waals surface area contributed by atoms with Gasteiger partial charge in [0.25, 0.3) is 11.1 Å². The molecule has 7 heteroatoms. The summed E-state index contributed by atoms with van der Waals surface area (Å²) in [5.74, 6) is 1.91. The van der Waals surface area contributed by atoms with Crippen LogP contribution in [0.25, 0.3) is 6.08 Å². The molecule has 174 valence electrons. The molecule has 4 rings (SSSR count). The lowest BCUT2D eigenvalue weighted by Crippen LogP contribution is -2.32. The third-order valence-corrected chi connectivity index (χ3v) is 5.93. The van der Waals surface area contributed by atoms with Crippen LogP contribution in [-0.4, -0.2) is 42.4 Å². The monoisotopic (exact) mass is 475 g/mol. The summed E-state index contributed by atoms with van der Waals surface area (Å²) in [4.78, 5) is 26.6. The summed E-state index contributed by atoms with van der Waals surface area (Å²) in [6.07, 6.45) is 1.72. The largest absolute Gasteiger partial charge is 0.492 e.